The number of rotatable bonds is 3. The van der Waals surface area contributed by atoms with Crippen LogP contribution in [0, 0.1) is 0 Å². The number of methoxy groups -OCH3 is 1. The Kier molecular flexibility index (Phi) is 3.83. The molecule has 1 unspecified atom stereocenters. The van der Waals surface area contributed by atoms with Crippen molar-refractivity contribution >= 4 is 17.3 Å². The first-order valence-corrected chi connectivity index (χ1v) is 6.46. The second kappa shape index (κ2) is 5.38. The van der Waals surface area contributed by atoms with Gasteiger partial charge in [0.15, 0.2) is 0 Å². The molecule has 1 heterocycles. The molecule has 0 aromatic heterocycles. The second-order valence-electron chi connectivity index (χ2n) is 4.98. The lowest BCUT2D eigenvalue weighted by atomic mass is 10.1. The predicted molar refractivity (Wildman–Crippen MR) is 76.5 cm³/mol. The third kappa shape index (κ3) is 2.45. The molecule has 2 rings (SSSR count). The Hall–Kier alpha value is -1.91. The lowest BCUT2D eigenvalue weighted by molar-refractivity contribution is -0.129. The highest BCUT2D eigenvalue weighted by atomic mass is 16.5. The number of amides is 1. The molecule has 1 fully saturated rings. The summed E-state index contributed by atoms with van der Waals surface area (Å²) in [4.78, 5) is 15.9. The van der Waals surface area contributed by atoms with Gasteiger partial charge in [-0.15, -0.1) is 0 Å². The number of nitrogens with zero attached hydrogens (tertiary/aromatic N) is 2. The molecule has 19 heavy (non-hydrogen) atoms. The minimum atomic E-state index is -0.121. The number of carbonyl (C=O) groups is 1. The lowest BCUT2D eigenvalue weighted by Gasteiger charge is -2.29. The van der Waals surface area contributed by atoms with Gasteiger partial charge in [-0.3, -0.25) is 4.79 Å². The van der Waals surface area contributed by atoms with Crippen LogP contribution in [-0.4, -0.2) is 44.6 Å². The van der Waals surface area contributed by atoms with Gasteiger partial charge < -0.3 is 20.3 Å². The van der Waals surface area contributed by atoms with Crippen LogP contribution in [0.15, 0.2) is 18.2 Å². The van der Waals surface area contributed by atoms with Gasteiger partial charge in [-0.25, -0.2) is 0 Å². The van der Waals surface area contributed by atoms with Gasteiger partial charge in [0.1, 0.15) is 11.8 Å². The van der Waals surface area contributed by atoms with E-state index in [9.17, 15) is 4.79 Å². The Bertz CT molecular complexity index is 474. The summed E-state index contributed by atoms with van der Waals surface area (Å²) in [5, 5.41) is 0. The number of carbonyl (C=O) groups excluding carboxylic acids is 1. The van der Waals surface area contributed by atoms with Crippen molar-refractivity contribution in [1.82, 2.24) is 4.90 Å². The molecule has 1 aliphatic heterocycles. The highest BCUT2D eigenvalue weighted by Gasteiger charge is 2.33. The summed E-state index contributed by atoms with van der Waals surface area (Å²) in [6, 6.07) is 5.56. The largest absolute Gasteiger partial charge is 0.495 e. The van der Waals surface area contributed by atoms with Crippen LogP contribution in [0.3, 0.4) is 0 Å². The molecule has 1 aromatic carbocycles. The SMILES string of the molecule is COc1cccc(N2CCCC2C(=O)N(C)C)c1N. The van der Waals surface area contributed by atoms with E-state index in [1.807, 2.05) is 18.2 Å². The van der Waals surface area contributed by atoms with Gasteiger partial charge in [-0.2, -0.15) is 0 Å². The molecule has 2 N–H and O–H groups in total. The van der Waals surface area contributed by atoms with Crippen LogP contribution >= 0.6 is 0 Å². The number of anilines is 2. The molecule has 104 valence electrons. The molecule has 0 radical (unpaired) electrons. The highest BCUT2D eigenvalue weighted by molar-refractivity contribution is 5.88. The molecule has 5 heteroatoms. The first-order valence-electron chi connectivity index (χ1n) is 6.46. The minimum absolute atomic E-state index is 0.121. The van der Waals surface area contributed by atoms with E-state index in [2.05, 4.69) is 4.90 Å². The summed E-state index contributed by atoms with van der Waals surface area (Å²) in [5.41, 5.74) is 7.61. The number of para-hydroxylation sites is 1. The number of ether oxygens (including phenoxy) is 1. The van der Waals surface area contributed by atoms with Crippen molar-refractivity contribution in [3.05, 3.63) is 18.2 Å². The average molecular weight is 263 g/mol. The summed E-state index contributed by atoms with van der Waals surface area (Å²) in [7, 11) is 5.17. The van der Waals surface area contributed by atoms with Crippen molar-refractivity contribution in [3.63, 3.8) is 0 Å². The van der Waals surface area contributed by atoms with Gasteiger partial charge in [-0.05, 0) is 25.0 Å². The van der Waals surface area contributed by atoms with Gasteiger partial charge >= 0.3 is 0 Å². The Balaban J connectivity index is 2.33. The van der Waals surface area contributed by atoms with Crippen molar-refractivity contribution in [1.29, 1.82) is 0 Å². The summed E-state index contributed by atoms with van der Waals surface area (Å²) < 4.78 is 5.24. The third-order valence-electron chi connectivity index (χ3n) is 3.55. The normalized spacial score (nSPS) is 18.5. The Morgan fingerprint density at radius 2 is 2.21 bits per heavy atom. The van der Waals surface area contributed by atoms with Gasteiger partial charge in [0.25, 0.3) is 0 Å². The van der Waals surface area contributed by atoms with E-state index in [-0.39, 0.29) is 11.9 Å². The summed E-state index contributed by atoms with van der Waals surface area (Å²) >= 11 is 0. The molecule has 1 aromatic rings. The van der Waals surface area contributed by atoms with Crippen molar-refractivity contribution in [3.8, 4) is 5.75 Å². The van der Waals surface area contributed by atoms with Crippen LogP contribution in [0.2, 0.25) is 0 Å². The Morgan fingerprint density at radius 3 is 2.84 bits per heavy atom. The topological polar surface area (TPSA) is 58.8 Å². The first-order chi connectivity index (χ1) is 9.06. The van der Waals surface area contributed by atoms with Crippen LogP contribution in [0.5, 0.6) is 5.75 Å². The summed E-state index contributed by atoms with van der Waals surface area (Å²) in [5.74, 6) is 0.778. The van der Waals surface area contributed by atoms with Crippen LogP contribution in [-0.2, 0) is 4.79 Å². The van der Waals surface area contributed by atoms with Crippen LogP contribution in [0.25, 0.3) is 0 Å². The zero-order valence-corrected chi connectivity index (χ0v) is 11.7. The molecule has 5 nitrogen and oxygen atoms in total. The Labute approximate surface area is 113 Å². The summed E-state index contributed by atoms with van der Waals surface area (Å²) in [6.07, 6.45) is 1.87. The first kappa shape index (κ1) is 13.5. The second-order valence-corrected chi connectivity index (χ2v) is 4.98. The maximum atomic E-state index is 12.2. The molecule has 1 aliphatic rings. The molecule has 1 saturated heterocycles. The van der Waals surface area contributed by atoms with E-state index in [0.29, 0.717) is 11.4 Å². The van der Waals surface area contributed by atoms with E-state index in [4.69, 9.17) is 10.5 Å². The molecule has 0 saturated carbocycles. The van der Waals surface area contributed by atoms with E-state index in [0.717, 1.165) is 25.1 Å². The smallest absolute Gasteiger partial charge is 0.244 e. The third-order valence-corrected chi connectivity index (χ3v) is 3.55. The van der Waals surface area contributed by atoms with E-state index in [1.54, 1.807) is 26.1 Å². The van der Waals surface area contributed by atoms with Crippen LogP contribution in [0.1, 0.15) is 12.8 Å². The van der Waals surface area contributed by atoms with Crippen molar-refractivity contribution in [2.45, 2.75) is 18.9 Å². The monoisotopic (exact) mass is 263 g/mol. The molecule has 0 bridgehead atoms. The standard InChI is InChI=1S/C14H21N3O2/c1-16(2)14(18)11-7-5-9-17(11)10-6-4-8-12(19-3)13(10)15/h4,6,8,11H,5,7,9,15H2,1-3H3. The van der Waals surface area contributed by atoms with Crippen LogP contribution < -0.4 is 15.4 Å². The fraction of sp³-hybridized carbons (Fsp3) is 0.500. The zero-order chi connectivity index (χ0) is 14.0. The van der Waals surface area contributed by atoms with Gasteiger partial charge in [0.05, 0.1) is 18.5 Å². The maximum absolute atomic E-state index is 12.2. The van der Waals surface area contributed by atoms with Gasteiger partial charge in [0, 0.05) is 20.6 Å². The highest BCUT2D eigenvalue weighted by Crippen LogP contribution is 2.36. The average Bonchev–Trinajstić information content (AvgIpc) is 2.87. The van der Waals surface area contributed by atoms with E-state index >= 15 is 0 Å². The van der Waals surface area contributed by atoms with Crippen molar-refractivity contribution in [2.75, 3.05) is 38.4 Å². The molecule has 0 spiro atoms. The number of likely N-dealkylation sites (N-methyl/N-ethyl adjacent to an activating group) is 1. The molecular formula is C14H21N3O2. The predicted octanol–water partition coefficient (Wildman–Crippen LogP) is 1.33. The van der Waals surface area contributed by atoms with Crippen molar-refractivity contribution < 1.29 is 9.53 Å². The minimum Gasteiger partial charge on any atom is -0.495 e. The van der Waals surface area contributed by atoms with Gasteiger partial charge in [0.2, 0.25) is 5.91 Å². The number of nitrogens with two attached hydrogens (primary N) is 1. The quantitative estimate of drug-likeness (QED) is 0.836. The van der Waals surface area contributed by atoms with Crippen molar-refractivity contribution in [2.24, 2.45) is 0 Å². The molecule has 0 aliphatic carbocycles. The van der Waals surface area contributed by atoms with Crippen LogP contribution in [0.4, 0.5) is 11.4 Å². The fourth-order valence-corrected chi connectivity index (χ4v) is 2.57. The zero-order valence-electron chi connectivity index (χ0n) is 11.7. The van der Waals surface area contributed by atoms with Gasteiger partial charge in [-0.1, -0.05) is 6.07 Å². The Morgan fingerprint density at radius 1 is 1.47 bits per heavy atom. The molecule has 1 amide bonds. The number of benzene rings is 1. The number of nitrogen functional groups attached to an aromatic ring is 1. The van der Waals surface area contributed by atoms with E-state index < -0.39 is 0 Å². The lowest BCUT2D eigenvalue weighted by Crippen LogP contribution is -2.43. The van der Waals surface area contributed by atoms with E-state index in [1.165, 1.54) is 0 Å². The molecular weight excluding hydrogens is 242 g/mol. The fourth-order valence-electron chi connectivity index (χ4n) is 2.57. The summed E-state index contributed by atoms with van der Waals surface area (Å²) in [6.45, 7) is 0.849. The number of hydrogen-bond donors (Lipinski definition) is 1. The number of hydrogen-bond acceptors (Lipinski definition) is 4. The molecule has 1 atom stereocenters. The maximum Gasteiger partial charge on any atom is 0.244 e.